The highest BCUT2D eigenvalue weighted by Crippen LogP contribution is 2.29. The predicted molar refractivity (Wildman–Crippen MR) is 91.9 cm³/mol. The lowest BCUT2D eigenvalue weighted by Gasteiger charge is -2.14. The molecule has 0 spiro atoms. The molecule has 0 bridgehead atoms. The largest absolute Gasteiger partial charge is 0.416 e. The Bertz CT molecular complexity index is 615. The third-order valence-electron chi connectivity index (χ3n) is 4.23. The monoisotopic (exact) mass is 335 g/mol. The van der Waals surface area contributed by atoms with Gasteiger partial charge in [0.05, 0.1) is 5.56 Å². The Balaban J connectivity index is 1.77. The van der Waals surface area contributed by atoms with E-state index in [0.717, 1.165) is 37.0 Å². The molecule has 0 aromatic heterocycles. The first kappa shape index (κ1) is 18.5. The highest BCUT2D eigenvalue weighted by molar-refractivity contribution is 5.25. The van der Waals surface area contributed by atoms with E-state index in [1.807, 2.05) is 0 Å². The maximum absolute atomic E-state index is 12.5. The highest BCUT2D eigenvalue weighted by Gasteiger charge is 2.29. The first-order valence-electron chi connectivity index (χ1n) is 8.36. The summed E-state index contributed by atoms with van der Waals surface area (Å²) in [6.45, 7) is 4.82. The fraction of sp³-hybridized carbons (Fsp3) is 0.400. The van der Waals surface area contributed by atoms with Crippen molar-refractivity contribution in [3.63, 3.8) is 0 Å². The van der Waals surface area contributed by atoms with Crippen LogP contribution in [0.5, 0.6) is 0 Å². The van der Waals surface area contributed by atoms with E-state index in [2.05, 4.69) is 43.4 Å². The summed E-state index contributed by atoms with van der Waals surface area (Å²) < 4.78 is 37.6. The molecule has 2 aromatic carbocycles. The van der Waals surface area contributed by atoms with Crippen molar-refractivity contribution in [2.75, 3.05) is 0 Å². The minimum atomic E-state index is -4.27. The van der Waals surface area contributed by atoms with E-state index in [1.165, 1.54) is 23.3 Å². The maximum Gasteiger partial charge on any atom is 0.416 e. The van der Waals surface area contributed by atoms with Crippen LogP contribution in [0.2, 0.25) is 0 Å². The number of hydrogen-bond acceptors (Lipinski definition) is 1. The SMILES string of the molecule is CCc1ccc(CCC(C)NCc2ccc(C(F)(F)F)cc2)cc1. The van der Waals surface area contributed by atoms with Gasteiger partial charge in [0.25, 0.3) is 0 Å². The molecule has 0 radical (unpaired) electrons. The molecule has 1 nitrogen and oxygen atoms in total. The average Bonchev–Trinajstić information content (AvgIpc) is 2.58. The molecule has 1 unspecified atom stereocenters. The van der Waals surface area contributed by atoms with E-state index in [4.69, 9.17) is 0 Å². The van der Waals surface area contributed by atoms with Gasteiger partial charge < -0.3 is 5.32 Å². The molecule has 2 rings (SSSR count). The Kier molecular flexibility index (Phi) is 6.44. The van der Waals surface area contributed by atoms with Crippen molar-refractivity contribution in [3.05, 3.63) is 70.8 Å². The van der Waals surface area contributed by atoms with Gasteiger partial charge in [0.2, 0.25) is 0 Å². The van der Waals surface area contributed by atoms with E-state index in [1.54, 1.807) is 0 Å². The molecule has 0 fully saturated rings. The van der Waals surface area contributed by atoms with Crippen LogP contribution in [0.3, 0.4) is 0 Å². The highest BCUT2D eigenvalue weighted by atomic mass is 19.4. The molecule has 0 aliphatic heterocycles. The summed E-state index contributed by atoms with van der Waals surface area (Å²) in [4.78, 5) is 0. The lowest BCUT2D eigenvalue weighted by Crippen LogP contribution is -2.26. The van der Waals surface area contributed by atoms with Gasteiger partial charge in [0.1, 0.15) is 0 Å². The zero-order valence-electron chi connectivity index (χ0n) is 14.2. The fourth-order valence-electron chi connectivity index (χ4n) is 2.53. The van der Waals surface area contributed by atoms with E-state index in [-0.39, 0.29) is 0 Å². The lowest BCUT2D eigenvalue weighted by molar-refractivity contribution is -0.137. The summed E-state index contributed by atoms with van der Waals surface area (Å²) in [5, 5.41) is 3.37. The third kappa shape index (κ3) is 5.68. The van der Waals surface area contributed by atoms with E-state index >= 15 is 0 Å². The molecule has 130 valence electrons. The Morgan fingerprint density at radius 2 is 1.42 bits per heavy atom. The van der Waals surface area contributed by atoms with Crippen LogP contribution in [0.1, 0.15) is 42.5 Å². The summed E-state index contributed by atoms with van der Waals surface area (Å²) in [7, 11) is 0. The average molecular weight is 335 g/mol. The molecule has 0 saturated carbocycles. The third-order valence-corrected chi connectivity index (χ3v) is 4.23. The second-order valence-corrected chi connectivity index (χ2v) is 6.19. The normalized spacial score (nSPS) is 13.0. The van der Waals surface area contributed by atoms with Crippen LogP contribution in [-0.4, -0.2) is 6.04 Å². The quantitative estimate of drug-likeness (QED) is 0.716. The number of alkyl halides is 3. The molecular weight excluding hydrogens is 311 g/mol. The summed E-state index contributed by atoms with van der Waals surface area (Å²) in [5.41, 5.74) is 2.92. The van der Waals surface area contributed by atoms with E-state index in [9.17, 15) is 13.2 Å². The topological polar surface area (TPSA) is 12.0 Å². The second-order valence-electron chi connectivity index (χ2n) is 6.19. The van der Waals surface area contributed by atoms with Crippen LogP contribution in [0.25, 0.3) is 0 Å². The van der Waals surface area contributed by atoms with Crippen molar-refractivity contribution >= 4 is 0 Å². The Labute approximate surface area is 141 Å². The fourth-order valence-corrected chi connectivity index (χ4v) is 2.53. The van der Waals surface area contributed by atoms with Gasteiger partial charge in [-0.05, 0) is 55.0 Å². The van der Waals surface area contributed by atoms with Gasteiger partial charge in [-0.1, -0.05) is 43.3 Å². The summed E-state index contributed by atoms with van der Waals surface area (Å²) >= 11 is 0. The molecule has 2 aromatic rings. The first-order chi connectivity index (χ1) is 11.4. The smallest absolute Gasteiger partial charge is 0.310 e. The number of rotatable bonds is 7. The van der Waals surface area contributed by atoms with Crippen LogP contribution in [0.4, 0.5) is 13.2 Å². The van der Waals surface area contributed by atoms with Gasteiger partial charge in [-0.15, -0.1) is 0 Å². The molecule has 0 saturated heterocycles. The van der Waals surface area contributed by atoms with Gasteiger partial charge in [0.15, 0.2) is 0 Å². The Hall–Kier alpha value is -1.81. The van der Waals surface area contributed by atoms with Crippen molar-refractivity contribution in [2.24, 2.45) is 0 Å². The Morgan fingerprint density at radius 3 is 1.96 bits per heavy atom. The summed E-state index contributed by atoms with van der Waals surface area (Å²) in [6.07, 6.45) is -1.24. The van der Waals surface area contributed by atoms with Gasteiger partial charge >= 0.3 is 6.18 Å². The summed E-state index contributed by atoms with van der Waals surface area (Å²) in [6, 6.07) is 14.3. The van der Waals surface area contributed by atoms with Crippen LogP contribution >= 0.6 is 0 Å². The van der Waals surface area contributed by atoms with Gasteiger partial charge in [0, 0.05) is 12.6 Å². The van der Waals surface area contributed by atoms with Gasteiger partial charge in [-0.25, -0.2) is 0 Å². The summed E-state index contributed by atoms with van der Waals surface area (Å²) in [5.74, 6) is 0. The van der Waals surface area contributed by atoms with Crippen LogP contribution < -0.4 is 5.32 Å². The molecule has 0 amide bonds. The van der Waals surface area contributed by atoms with Crippen molar-refractivity contribution in [1.29, 1.82) is 0 Å². The number of aryl methyl sites for hydroxylation is 2. The standard InChI is InChI=1S/C20H24F3N/c1-3-16-6-8-17(9-7-16)5-4-15(2)24-14-18-10-12-19(13-11-18)20(21,22)23/h6-13,15,24H,3-5,14H2,1-2H3. The van der Waals surface area contributed by atoms with Crippen LogP contribution in [-0.2, 0) is 25.6 Å². The van der Waals surface area contributed by atoms with Gasteiger partial charge in [-0.2, -0.15) is 13.2 Å². The molecule has 0 aliphatic carbocycles. The number of halogens is 3. The van der Waals surface area contributed by atoms with Crippen LogP contribution in [0, 0.1) is 0 Å². The van der Waals surface area contributed by atoms with Crippen molar-refractivity contribution in [2.45, 2.75) is 51.9 Å². The zero-order valence-corrected chi connectivity index (χ0v) is 14.2. The molecule has 4 heteroatoms. The lowest BCUT2D eigenvalue weighted by atomic mass is 10.0. The molecule has 0 heterocycles. The number of benzene rings is 2. The molecule has 0 aliphatic rings. The number of nitrogens with one attached hydrogen (secondary N) is 1. The maximum atomic E-state index is 12.5. The van der Waals surface area contributed by atoms with E-state index < -0.39 is 11.7 Å². The molecule has 1 atom stereocenters. The Morgan fingerprint density at radius 1 is 0.875 bits per heavy atom. The van der Waals surface area contributed by atoms with Crippen molar-refractivity contribution < 1.29 is 13.2 Å². The molecular formula is C20H24F3N. The van der Waals surface area contributed by atoms with Crippen molar-refractivity contribution in [3.8, 4) is 0 Å². The second kappa shape index (κ2) is 8.34. The first-order valence-corrected chi connectivity index (χ1v) is 8.36. The van der Waals surface area contributed by atoms with Crippen LogP contribution in [0.15, 0.2) is 48.5 Å². The van der Waals surface area contributed by atoms with Crippen molar-refractivity contribution in [1.82, 2.24) is 5.32 Å². The minimum Gasteiger partial charge on any atom is -0.310 e. The predicted octanol–water partition coefficient (Wildman–Crippen LogP) is 5.38. The minimum absolute atomic E-state index is 0.304. The zero-order chi connectivity index (χ0) is 17.6. The van der Waals surface area contributed by atoms with E-state index in [0.29, 0.717) is 12.6 Å². The number of hydrogen-bond donors (Lipinski definition) is 1. The molecule has 24 heavy (non-hydrogen) atoms. The molecule has 1 N–H and O–H groups in total. The van der Waals surface area contributed by atoms with Gasteiger partial charge in [-0.3, -0.25) is 0 Å².